The lowest BCUT2D eigenvalue weighted by Gasteiger charge is -2.30. The molecule has 0 bridgehead atoms. The third-order valence-corrected chi connectivity index (χ3v) is 6.35. The lowest BCUT2D eigenvalue weighted by Crippen LogP contribution is -2.31. The van der Waals surface area contributed by atoms with Crippen molar-refractivity contribution in [3.8, 4) is 0 Å². The molecule has 1 fully saturated rings. The molecule has 0 spiro atoms. The molecule has 0 unspecified atom stereocenters. The molecule has 148 valence electrons. The van der Waals surface area contributed by atoms with Crippen LogP contribution in [0.5, 0.6) is 0 Å². The Bertz CT molecular complexity index is 1120. The fraction of sp³-hybridized carbons (Fsp3) is 0.154. The Kier molecular flexibility index (Phi) is 4.76. The largest absolute Gasteiger partial charge is 0.274 e. The van der Waals surface area contributed by atoms with Gasteiger partial charge in [-0.05, 0) is 47.4 Å². The molecule has 3 aromatic rings. The molecule has 3 aromatic carbocycles. The fourth-order valence-corrected chi connectivity index (χ4v) is 4.81. The van der Waals surface area contributed by atoms with Gasteiger partial charge in [-0.15, -0.1) is 0 Å². The maximum Gasteiger partial charge on any atom is 0.238 e. The van der Waals surface area contributed by atoms with Crippen LogP contribution in [0.3, 0.4) is 0 Å². The second-order valence-electron chi connectivity index (χ2n) is 7.82. The van der Waals surface area contributed by atoms with Crippen molar-refractivity contribution in [2.75, 3.05) is 4.90 Å². The minimum Gasteiger partial charge on any atom is -0.274 e. The van der Waals surface area contributed by atoms with Gasteiger partial charge in [0.25, 0.3) is 0 Å². The lowest BCUT2D eigenvalue weighted by molar-refractivity contribution is -0.122. The van der Waals surface area contributed by atoms with E-state index in [4.69, 9.17) is 11.6 Å². The zero-order chi connectivity index (χ0) is 20.7. The topological polar surface area (TPSA) is 37.4 Å². The van der Waals surface area contributed by atoms with Gasteiger partial charge in [0.15, 0.2) is 0 Å². The van der Waals surface area contributed by atoms with Crippen LogP contribution in [0.4, 0.5) is 5.69 Å². The normalized spacial score (nSPS) is 23.3. The van der Waals surface area contributed by atoms with Gasteiger partial charge in [-0.3, -0.25) is 14.5 Å². The van der Waals surface area contributed by atoms with Crippen molar-refractivity contribution in [1.82, 2.24) is 0 Å². The van der Waals surface area contributed by atoms with Crippen LogP contribution in [0.15, 0.2) is 91.0 Å². The smallest absolute Gasteiger partial charge is 0.238 e. The Morgan fingerprint density at radius 3 is 2.07 bits per heavy atom. The molecular weight excluding hydrogens is 394 g/mol. The quantitative estimate of drug-likeness (QED) is 0.515. The van der Waals surface area contributed by atoms with Gasteiger partial charge in [0, 0.05) is 10.9 Å². The average molecular weight is 414 g/mol. The second kappa shape index (κ2) is 7.58. The van der Waals surface area contributed by atoms with Gasteiger partial charge in [0.1, 0.15) is 0 Å². The number of benzene rings is 3. The number of anilines is 1. The number of hydrogen-bond acceptors (Lipinski definition) is 2. The van der Waals surface area contributed by atoms with E-state index in [1.54, 1.807) is 0 Å². The molecule has 5 rings (SSSR count). The Hall–Kier alpha value is -3.17. The number of rotatable bonds is 3. The molecule has 1 heterocycles. The van der Waals surface area contributed by atoms with Crippen LogP contribution >= 0.6 is 11.6 Å². The summed E-state index contributed by atoms with van der Waals surface area (Å²) in [5.74, 6) is -1.21. The number of amides is 2. The van der Waals surface area contributed by atoms with E-state index in [9.17, 15) is 9.59 Å². The summed E-state index contributed by atoms with van der Waals surface area (Å²) in [6.45, 7) is 0. The first-order chi connectivity index (χ1) is 14.6. The van der Waals surface area contributed by atoms with E-state index in [0.29, 0.717) is 17.1 Å². The minimum absolute atomic E-state index is 0.114. The van der Waals surface area contributed by atoms with Crippen LogP contribution < -0.4 is 4.90 Å². The van der Waals surface area contributed by atoms with Crippen LogP contribution in [0, 0.1) is 11.8 Å². The molecule has 30 heavy (non-hydrogen) atoms. The Labute approximate surface area is 180 Å². The zero-order valence-corrected chi connectivity index (χ0v) is 17.0. The molecule has 4 heteroatoms. The highest BCUT2D eigenvalue weighted by atomic mass is 35.5. The maximum absolute atomic E-state index is 13.5. The summed E-state index contributed by atoms with van der Waals surface area (Å²) < 4.78 is 0. The Balaban J connectivity index is 1.61. The van der Waals surface area contributed by atoms with Crippen molar-refractivity contribution in [3.63, 3.8) is 0 Å². The molecule has 2 aliphatic rings. The van der Waals surface area contributed by atoms with E-state index in [1.807, 2.05) is 72.8 Å². The van der Waals surface area contributed by atoms with Crippen molar-refractivity contribution >= 4 is 34.7 Å². The number of para-hydroxylation sites is 1. The van der Waals surface area contributed by atoms with Crippen molar-refractivity contribution < 1.29 is 9.59 Å². The summed E-state index contributed by atoms with van der Waals surface area (Å²) in [7, 11) is 0. The zero-order valence-electron chi connectivity index (χ0n) is 16.2. The highest BCUT2D eigenvalue weighted by Crippen LogP contribution is 2.48. The summed E-state index contributed by atoms with van der Waals surface area (Å²) in [5, 5.41) is 0.651. The molecule has 3 nitrogen and oxygen atoms in total. The molecule has 3 atom stereocenters. The predicted molar refractivity (Wildman–Crippen MR) is 119 cm³/mol. The third-order valence-electron chi connectivity index (χ3n) is 6.10. The van der Waals surface area contributed by atoms with Crippen LogP contribution in [0.2, 0.25) is 5.02 Å². The molecule has 0 N–H and O–H groups in total. The highest BCUT2D eigenvalue weighted by Gasteiger charge is 2.53. The first-order valence-corrected chi connectivity index (χ1v) is 10.5. The van der Waals surface area contributed by atoms with E-state index in [1.165, 1.54) is 4.90 Å². The number of carbonyl (C=O) groups is 2. The van der Waals surface area contributed by atoms with Crippen molar-refractivity contribution in [3.05, 3.63) is 107 Å². The fourth-order valence-electron chi connectivity index (χ4n) is 4.68. The van der Waals surface area contributed by atoms with E-state index < -0.39 is 5.92 Å². The number of hydrogen-bond donors (Lipinski definition) is 0. The van der Waals surface area contributed by atoms with Crippen LogP contribution in [-0.4, -0.2) is 11.8 Å². The molecule has 1 aliphatic carbocycles. The number of carbonyl (C=O) groups excluding carboxylic acids is 2. The van der Waals surface area contributed by atoms with Crippen LogP contribution in [0.1, 0.15) is 23.5 Å². The van der Waals surface area contributed by atoms with Crippen LogP contribution in [0.25, 0.3) is 5.57 Å². The number of halogens is 1. The highest BCUT2D eigenvalue weighted by molar-refractivity contribution is 6.30. The van der Waals surface area contributed by atoms with Gasteiger partial charge in [0.05, 0.1) is 17.5 Å². The van der Waals surface area contributed by atoms with Gasteiger partial charge >= 0.3 is 0 Å². The number of imide groups is 1. The first kappa shape index (κ1) is 18.8. The van der Waals surface area contributed by atoms with E-state index in [-0.39, 0.29) is 23.7 Å². The molecule has 2 amide bonds. The molecule has 0 saturated carbocycles. The molecule has 0 aromatic heterocycles. The average Bonchev–Trinajstić information content (AvgIpc) is 3.05. The van der Waals surface area contributed by atoms with E-state index in [0.717, 1.165) is 16.7 Å². The summed E-state index contributed by atoms with van der Waals surface area (Å²) in [4.78, 5) is 28.3. The van der Waals surface area contributed by atoms with Gasteiger partial charge < -0.3 is 0 Å². The third kappa shape index (κ3) is 3.16. The summed E-state index contributed by atoms with van der Waals surface area (Å²) in [6.07, 6.45) is 2.73. The SMILES string of the molecule is O=C1[C@H]2[C@H](CC(c3ccccc3)=C[C@H]2c2ccc(Cl)cc2)C(=O)N1c1ccccc1. The first-order valence-electron chi connectivity index (χ1n) is 10.1. The van der Waals surface area contributed by atoms with Gasteiger partial charge in [-0.2, -0.15) is 0 Å². The van der Waals surface area contributed by atoms with Crippen molar-refractivity contribution in [2.45, 2.75) is 12.3 Å². The minimum atomic E-state index is -0.411. The Morgan fingerprint density at radius 1 is 0.767 bits per heavy atom. The molecular formula is C26H20ClNO2. The van der Waals surface area contributed by atoms with Crippen molar-refractivity contribution in [2.24, 2.45) is 11.8 Å². The predicted octanol–water partition coefficient (Wildman–Crippen LogP) is 5.72. The number of nitrogens with zero attached hydrogens (tertiary/aromatic N) is 1. The summed E-state index contributed by atoms with van der Waals surface area (Å²) >= 11 is 6.10. The molecule has 1 aliphatic heterocycles. The lowest BCUT2D eigenvalue weighted by atomic mass is 9.70. The molecule has 0 radical (unpaired) electrons. The van der Waals surface area contributed by atoms with E-state index in [2.05, 4.69) is 18.2 Å². The van der Waals surface area contributed by atoms with Crippen LogP contribution in [-0.2, 0) is 9.59 Å². The number of allylic oxidation sites excluding steroid dienone is 2. The monoisotopic (exact) mass is 413 g/mol. The second-order valence-corrected chi connectivity index (χ2v) is 8.26. The van der Waals surface area contributed by atoms with E-state index >= 15 is 0 Å². The van der Waals surface area contributed by atoms with Crippen molar-refractivity contribution in [1.29, 1.82) is 0 Å². The standard InChI is InChI=1S/C26H20ClNO2/c27-20-13-11-18(12-14-20)22-15-19(17-7-3-1-4-8-17)16-23-24(22)26(30)28(25(23)29)21-9-5-2-6-10-21/h1-15,22-24H,16H2/t22-,23-,24+/m0/s1. The number of fused-ring (bicyclic) bond motifs is 1. The maximum atomic E-state index is 13.5. The van der Waals surface area contributed by atoms with Gasteiger partial charge in [-0.25, -0.2) is 0 Å². The van der Waals surface area contributed by atoms with Gasteiger partial charge in [0.2, 0.25) is 11.8 Å². The Morgan fingerprint density at radius 2 is 1.40 bits per heavy atom. The summed E-state index contributed by atoms with van der Waals surface area (Å²) in [6, 6.07) is 26.9. The summed E-state index contributed by atoms with van der Waals surface area (Å²) in [5.41, 5.74) is 3.83. The van der Waals surface area contributed by atoms with Gasteiger partial charge in [-0.1, -0.05) is 78.3 Å². The molecule has 1 saturated heterocycles.